The minimum atomic E-state index is 0.356. The summed E-state index contributed by atoms with van der Waals surface area (Å²) in [7, 11) is 3.75. The van der Waals surface area contributed by atoms with Crippen molar-refractivity contribution in [3.05, 3.63) is 29.6 Å². The average molecular weight is 356 g/mol. The Bertz CT molecular complexity index is 875. The SMILES string of the molecule is CCN(C)c1nc(-c2csc(NC(C)C)n2)cc2cc(OC)ccc12. The van der Waals surface area contributed by atoms with Gasteiger partial charge in [-0.3, -0.25) is 0 Å². The smallest absolute Gasteiger partial charge is 0.183 e. The van der Waals surface area contributed by atoms with Crippen molar-refractivity contribution in [1.29, 1.82) is 0 Å². The lowest BCUT2D eigenvalue weighted by Gasteiger charge is -2.19. The Morgan fingerprint density at radius 1 is 1.20 bits per heavy atom. The van der Waals surface area contributed by atoms with Crippen LogP contribution in [-0.4, -0.2) is 36.7 Å². The highest BCUT2D eigenvalue weighted by atomic mass is 32.1. The molecule has 2 aromatic heterocycles. The van der Waals surface area contributed by atoms with Gasteiger partial charge in [-0.15, -0.1) is 11.3 Å². The number of nitrogens with one attached hydrogen (secondary N) is 1. The molecule has 3 aromatic rings. The van der Waals surface area contributed by atoms with Crippen LogP contribution in [0.15, 0.2) is 29.6 Å². The molecule has 0 atom stereocenters. The second-order valence-electron chi connectivity index (χ2n) is 6.27. The fourth-order valence-electron chi connectivity index (χ4n) is 2.62. The Morgan fingerprint density at radius 2 is 2.00 bits per heavy atom. The first kappa shape index (κ1) is 17.5. The summed E-state index contributed by atoms with van der Waals surface area (Å²) >= 11 is 1.61. The number of hydrogen-bond acceptors (Lipinski definition) is 6. The van der Waals surface area contributed by atoms with Crippen LogP contribution in [0.25, 0.3) is 22.2 Å². The summed E-state index contributed by atoms with van der Waals surface area (Å²) < 4.78 is 5.38. The number of anilines is 2. The molecule has 0 unspecified atom stereocenters. The van der Waals surface area contributed by atoms with Crippen LogP contribution in [-0.2, 0) is 0 Å². The zero-order valence-corrected chi connectivity index (χ0v) is 16.1. The Hall–Kier alpha value is -2.34. The number of nitrogens with zero attached hydrogens (tertiary/aromatic N) is 3. The number of methoxy groups -OCH3 is 1. The molecule has 132 valence electrons. The molecular formula is C19H24N4OS. The second-order valence-corrected chi connectivity index (χ2v) is 7.13. The highest BCUT2D eigenvalue weighted by Gasteiger charge is 2.14. The summed E-state index contributed by atoms with van der Waals surface area (Å²) in [4.78, 5) is 11.7. The zero-order chi connectivity index (χ0) is 18.0. The van der Waals surface area contributed by atoms with E-state index < -0.39 is 0 Å². The number of pyridine rings is 1. The van der Waals surface area contributed by atoms with Crippen LogP contribution in [0.2, 0.25) is 0 Å². The maximum atomic E-state index is 5.38. The molecule has 1 N–H and O–H groups in total. The Kier molecular flexibility index (Phi) is 5.08. The molecule has 0 aliphatic rings. The molecule has 0 saturated carbocycles. The van der Waals surface area contributed by atoms with Gasteiger partial charge in [0.05, 0.1) is 12.8 Å². The molecule has 5 nitrogen and oxygen atoms in total. The van der Waals surface area contributed by atoms with Crippen molar-refractivity contribution < 1.29 is 4.74 Å². The van der Waals surface area contributed by atoms with E-state index in [0.29, 0.717) is 6.04 Å². The van der Waals surface area contributed by atoms with E-state index in [2.05, 4.69) is 55.5 Å². The quantitative estimate of drug-likeness (QED) is 0.697. The van der Waals surface area contributed by atoms with Gasteiger partial charge in [0, 0.05) is 30.4 Å². The molecule has 2 heterocycles. The van der Waals surface area contributed by atoms with Gasteiger partial charge in [-0.05, 0) is 50.4 Å². The van der Waals surface area contributed by atoms with Crippen molar-refractivity contribution in [1.82, 2.24) is 9.97 Å². The summed E-state index contributed by atoms with van der Waals surface area (Å²) in [5.41, 5.74) is 1.77. The molecule has 0 amide bonds. The lowest BCUT2D eigenvalue weighted by Crippen LogP contribution is -2.17. The van der Waals surface area contributed by atoms with Gasteiger partial charge in [0.15, 0.2) is 5.13 Å². The molecule has 3 rings (SSSR count). The van der Waals surface area contributed by atoms with Crippen molar-refractivity contribution in [3.63, 3.8) is 0 Å². The van der Waals surface area contributed by atoms with Crippen molar-refractivity contribution in [3.8, 4) is 17.1 Å². The van der Waals surface area contributed by atoms with Crippen LogP contribution in [0, 0.1) is 0 Å². The van der Waals surface area contributed by atoms with Crippen LogP contribution >= 0.6 is 11.3 Å². The Labute approximate surface area is 152 Å². The molecular weight excluding hydrogens is 332 g/mol. The number of rotatable bonds is 6. The Morgan fingerprint density at radius 3 is 2.68 bits per heavy atom. The van der Waals surface area contributed by atoms with Crippen molar-refractivity contribution in [2.45, 2.75) is 26.8 Å². The molecule has 25 heavy (non-hydrogen) atoms. The van der Waals surface area contributed by atoms with Crippen molar-refractivity contribution in [2.24, 2.45) is 0 Å². The van der Waals surface area contributed by atoms with Gasteiger partial charge in [0.2, 0.25) is 0 Å². The molecule has 0 radical (unpaired) electrons. The van der Waals surface area contributed by atoms with Crippen LogP contribution in [0.5, 0.6) is 5.75 Å². The topological polar surface area (TPSA) is 50.3 Å². The molecule has 0 aliphatic carbocycles. The third-order valence-electron chi connectivity index (χ3n) is 4.03. The molecule has 0 fully saturated rings. The third kappa shape index (κ3) is 3.69. The summed E-state index contributed by atoms with van der Waals surface area (Å²) in [5, 5.41) is 8.54. The first-order chi connectivity index (χ1) is 12.0. The molecule has 0 saturated heterocycles. The fraction of sp³-hybridized carbons (Fsp3) is 0.368. The maximum Gasteiger partial charge on any atom is 0.183 e. The van der Waals surface area contributed by atoms with Gasteiger partial charge in [-0.1, -0.05) is 0 Å². The lowest BCUT2D eigenvalue weighted by molar-refractivity contribution is 0.415. The monoisotopic (exact) mass is 356 g/mol. The maximum absolute atomic E-state index is 5.38. The van der Waals surface area contributed by atoms with Crippen LogP contribution in [0.4, 0.5) is 10.9 Å². The second kappa shape index (κ2) is 7.27. The highest BCUT2D eigenvalue weighted by Crippen LogP contribution is 2.33. The summed E-state index contributed by atoms with van der Waals surface area (Å²) in [6.07, 6.45) is 0. The van der Waals surface area contributed by atoms with Crippen LogP contribution < -0.4 is 15.0 Å². The van der Waals surface area contributed by atoms with Gasteiger partial charge in [0.25, 0.3) is 0 Å². The van der Waals surface area contributed by atoms with Crippen LogP contribution in [0.1, 0.15) is 20.8 Å². The number of thiazole rings is 1. The van der Waals surface area contributed by atoms with Gasteiger partial charge < -0.3 is 15.0 Å². The molecule has 6 heteroatoms. The van der Waals surface area contributed by atoms with Gasteiger partial charge in [0.1, 0.15) is 17.3 Å². The number of fused-ring (bicyclic) bond motifs is 1. The fourth-order valence-corrected chi connectivity index (χ4v) is 3.47. The van der Waals surface area contributed by atoms with Gasteiger partial charge >= 0.3 is 0 Å². The molecule has 1 aromatic carbocycles. The minimum Gasteiger partial charge on any atom is -0.497 e. The number of benzene rings is 1. The van der Waals surface area contributed by atoms with E-state index in [-0.39, 0.29) is 0 Å². The largest absolute Gasteiger partial charge is 0.497 e. The molecule has 0 bridgehead atoms. The minimum absolute atomic E-state index is 0.356. The molecule has 0 aliphatic heterocycles. The number of ether oxygens (including phenoxy) is 1. The van der Waals surface area contributed by atoms with Crippen LogP contribution in [0.3, 0.4) is 0 Å². The van der Waals surface area contributed by atoms with Gasteiger partial charge in [-0.25, -0.2) is 9.97 Å². The van der Waals surface area contributed by atoms with E-state index >= 15 is 0 Å². The lowest BCUT2D eigenvalue weighted by atomic mass is 10.1. The predicted octanol–water partition coefficient (Wildman–Crippen LogP) is 4.64. The van der Waals surface area contributed by atoms with E-state index in [4.69, 9.17) is 14.7 Å². The summed E-state index contributed by atoms with van der Waals surface area (Å²) in [5.74, 6) is 1.80. The average Bonchev–Trinajstić information content (AvgIpc) is 3.07. The summed E-state index contributed by atoms with van der Waals surface area (Å²) in [6.45, 7) is 7.22. The normalized spacial score (nSPS) is 11.1. The standard InChI is InChI=1S/C19H24N4OS/c1-6-23(4)18-15-8-7-14(24-5)9-13(15)10-16(21-18)17-11-25-19(22-17)20-12(2)3/h7-12H,6H2,1-5H3,(H,20,22). The Balaban J connectivity index is 2.12. The zero-order valence-electron chi connectivity index (χ0n) is 15.3. The van der Waals surface area contributed by atoms with Crippen molar-refractivity contribution >= 4 is 33.1 Å². The number of aromatic nitrogens is 2. The molecule has 0 spiro atoms. The van der Waals surface area contributed by atoms with E-state index in [9.17, 15) is 0 Å². The predicted molar refractivity (Wildman–Crippen MR) is 107 cm³/mol. The van der Waals surface area contributed by atoms with Crippen molar-refractivity contribution in [2.75, 3.05) is 30.9 Å². The van der Waals surface area contributed by atoms with E-state index in [1.165, 1.54) is 0 Å². The third-order valence-corrected chi connectivity index (χ3v) is 4.81. The van der Waals surface area contributed by atoms with E-state index in [1.807, 2.05) is 12.1 Å². The van der Waals surface area contributed by atoms with Gasteiger partial charge in [-0.2, -0.15) is 0 Å². The first-order valence-corrected chi connectivity index (χ1v) is 9.32. The van der Waals surface area contributed by atoms with E-state index in [1.54, 1.807) is 18.4 Å². The first-order valence-electron chi connectivity index (χ1n) is 8.44. The summed E-state index contributed by atoms with van der Waals surface area (Å²) in [6, 6.07) is 8.53. The highest BCUT2D eigenvalue weighted by molar-refractivity contribution is 7.14. The number of hydrogen-bond donors (Lipinski definition) is 1. The van der Waals surface area contributed by atoms with E-state index in [0.717, 1.165) is 45.4 Å².